The first-order valence-electron chi connectivity index (χ1n) is 14.4. The van der Waals surface area contributed by atoms with Gasteiger partial charge in [-0.1, -0.05) is 67.6 Å². The summed E-state index contributed by atoms with van der Waals surface area (Å²) in [7, 11) is 3.23. The quantitative estimate of drug-likeness (QED) is 0.238. The van der Waals surface area contributed by atoms with Gasteiger partial charge in [-0.3, -0.25) is 9.59 Å². The van der Waals surface area contributed by atoms with Crippen LogP contribution in [0.2, 0.25) is 0 Å². The van der Waals surface area contributed by atoms with E-state index in [1.807, 2.05) is 25.2 Å². The van der Waals surface area contributed by atoms with E-state index >= 15 is 0 Å². The lowest BCUT2D eigenvalue weighted by molar-refractivity contribution is -0.142. The summed E-state index contributed by atoms with van der Waals surface area (Å²) in [5, 5.41) is 0. The fourth-order valence-electron chi connectivity index (χ4n) is 5.91. The molecule has 0 bridgehead atoms. The monoisotopic (exact) mass is 580 g/mol. The highest BCUT2D eigenvalue weighted by Gasteiger charge is 2.32. The van der Waals surface area contributed by atoms with Crippen LogP contribution in [0.1, 0.15) is 60.5 Å². The summed E-state index contributed by atoms with van der Waals surface area (Å²) in [5.41, 5.74) is 1.78. The highest BCUT2D eigenvalue weighted by atomic mass is 19.4. The van der Waals surface area contributed by atoms with Gasteiger partial charge in [0.05, 0.1) is 19.1 Å². The first-order chi connectivity index (χ1) is 20.0. The van der Waals surface area contributed by atoms with Crippen molar-refractivity contribution in [1.82, 2.24) is 9.80 Å². The van der Waals surface area contributed by atoms with Crippen LogP contribution in [-0.2, 0) is 21.1 Å². The van der Waals surface area contributed by atoms with Gasteiger partial charge in [0.1, 0.15) is 0 Å². The average Bonchev–Trinajstić information content (AvgIpc) is 3.00. The van der Waals surface area contributed by atoms with E-state index in [0.717, 1.165) is 63.0 Å². The number of carbonyl (C=O) groups is 2. The molecule has 0 N–H and O–H groups in total. The number of alkyl halides is 3. The number of amides is 1. The molecule has 3 aromatic carbocycles. The van der Waals surface area contributed by atoms with Crippen LogP contribution in [0, 0.1) is 0 Å². The SMILES string of the molecule is COC(=O)CC(C)(CCCN1CCC(N(C)C(=O)c2ccccc2-c2ccc(C(F)(F)F)cc2)CC1)c1ccccc1. The summed E-state index contributed by atoms with van der Waals surface area (Å²) in [6.07, 6.45) is -0.622. The number of ether oxygens (including phenoxy) is 1. The standard InChI is InChI=1S/C34H39F3N2O3/c1-33(24-31(40)42-3,26-10-5-4-6-11-26)20-9-21-39-22-18-28(19-23-39)38(2)32(41)30-13-8-7-12-29(30)25-14-16-27(17-15-25)34(35,36)37/h4-8,10-17,28H,9,18-24H2,1-3H3. The van der Waals surface area contributed by atoms with Gasteiger partial charge in [0.25, 0.3) is 5.91 Å². The van der Waals surface area contributed by atoms with Crippen molar-refractivity contribution in [3.05, 3.63) is 95.6 Å². The van der Waals surface area contributed by atoms with E-state index in [1.54, 1.807) is 29.2 Å². The maximum Gasteiger partial charge on any atom is 0.416 e. The highest BCUT2D eigenvalue weighted by Crippen LogP contribution is 2.34. The minimum atomic E-state index is -4.41. The lowest BCUT2D eigenvalue weighted by Gasteiger charge is -2.37. The highest BCUT2D eigenvalue weighted by molar-refractivity contribution is 6.01. The van der Waals surface area contributed by atoms with Crippen molar-refractivity contribution in [2.75, 3.05) is 33.8 Å². The molecular formula is C34H39F3N2O3. The van der Waals surface area contributed by atoms with Crippen LogP contribution < -0.4 is 0 Å². The molecule has 5 nitrogen and oxygen atoms in total. The second kappa shape index (κ2) is 13.6. The zero-order valence-electron chi connectivity index (χ0n) is 24.5. The Morgan fingerprint density at radius 3 is 2.14 bits per heavy atom. The second-order valence-electron chi connectivity index (χ2n) is 11.4. The molecule has 1 amide bonds. The number of benzene rings is 3. The summed E-state index contributed by atoms with van der Waals surface area (Å²) < 4.78 is 44.1. The Labute approximate surface area is 246 Å². The van der Waals surface area contributed by atoms with Crippen molar-refractivity contribution >= 4 is 11.9 Å². The van der Waals surface area contributed by atoms with Crippen LogP contribution in [0.4, 0.5) is 13.2 Å². The minimum absolute atomic E-state index is 0.0725. The molecule has 224 valence electrons. The first-order valence-corrected chi connectivity index (χ1v) is 14.4. The van der Waals surface area contributed by atoms with Gasteiger partial charge in [-0.05, 0) is 67.1 Å². The van der Waals surface area contributed by atoms with E-state index in [0.29, 0.717) is 23.1 Å². The Morgan fingerprint density at radius 2 is 1.52 bits per heavy atom. The number of likely N-dealkylation sites (tertiary alicyclic amines) is 1. The molecule has 42 heavy (non-hydrogen) atoms. The summed E-state index contributed by atoms with van der Waals surface area (Å²) in [5.74, 6) is -0.347. The number of rotatable bonds is 10. The van der Waals surface area contributed by atoms with Gasteiger partial charge in [0.15, 0.2) is 0 Å². The second-order valence-corrected chi connectivity index (χ2v) is 11.4. The predicted octanol–water partition coefficient (Wildman–Crippen LogP) is 7.21. The summed E-state index contributed by atoms with van der Waals surface area (Å²) in [6, 6.07) is 22.2. The fourth-order valence-corrected chi connectivity index (χ4v) is 5.91. The molecular weight excluding hydrogens is 541 g/mol. The number of hydrogen-bond acceptors (Lipinski definition) is 4. The van der Waals surface area contributed by atoms with Gasteiger partial charge in [-0.15, -0.1) is 0 Å². The van der Waals surface area contributed by atoms with Crippen molar-refractivity contribution in [3.8, 4) is 11.1 Å². The maximum atomic E-state index is 13.6. The lowest BCUT2D eigenvalue weighted by Crippen LogP contribution is -2.46. The third kappa shape index (κ3) is 7.59. The molecule has 1 saturated heterocycles. The number of nitrogens with zero attached hydrogens (tertiary/aromatic N) is 2. The molecule has 1 unspecified atom stereocenters. The Balaban J connectivity index is 1.34. The van der Waals surface area contributed by atoms with Gasteiger partial charge in [-0.2, -0.15) is 13.2 Å². The third-order valence-electron chi connectivity index (χ3n) is 8.54. The molecule has 8 heteroatoms. The van der Waals surface area contributed by atoms with Gasteiger partial charge >= 0.3 is 12.1 Å². The molecule has 1 atom stereocenters. The van der Waals surface area contributed by atoms with E-state index in [-0.39, 0.29) is 23.3 Å². The van der Waals surface area contributed by atoms with Crippen molar-refractivity contribution in [2.45, 2.75) is 56.7 Å². The lowest BCUT2D eigenvalue weighted by atomic mass is 9.76. The molecule has 1 heterocycles. The molecule has 1 aliphatic rings. The molecule has 0 aromatic heterocycles. The minimum Gasteiger partial charge on any atom is -0.469 e. The summed E-state index contributed by atoms with van der Waals surface area (Å²) >= 11 is 0. The molecule has 0 saturated carbocycles. The topological polar surface area (TPSA) is 49.9 Å². The van der Waals surface area contributed by atoms with Crippen molar-refractivity contribution < 1.29 is 27.5 Å². The van der Waals surface area contributed by atoms with Gasteiger partial charge in [-0.25, -0.2) is 0 Å². The Kier molecular flexibility index (Phi) is 10.1. The van der Waals surface area contributed by atoms with Gasteiger partial charge < -0.3 is 14.5 Å². The average molecular weight is 581 g/mol. The molecule has 0 spiro atoms. The van der Waals surface area contributed by atoms with E-state index in [4.69, 9.17) is 4.74 Å². The molecule has 0 aliphatic carbocycles. The first kappa shape index (κ1) is 31.3. The number of halogens is 3. The van der Waals surface area contributed by atoms with Crippen molar-refractivity contribution in [2.24, 2.45) is 0 Å². The Hall–Kier alpha value is -3.65. The summed E-state index contributed by atoms with van der Waals surface area (Å²) in [4.78, 5) is 29.9. The van der Waals surface area contributed by atoms with Crippen LogP contribution in [0.25, 0.3) is 11.1 Å². The zero-order chi connectivity index (χ0) is 30.3. The number of carbonyl (C=O) groups excluding carboxylic acids is 2. The number of hydrogen-bond donors (Lipinski definition) is 0. The number of piperidine rings is 1. The van der Waals surface area contributed by atoms with E-state index in [2.05, 4.69) is 24.0 Å². The normalized spacial score (nSPS) is 16.0. The van der Waals surface area contributed by atoms with Crippen LogP contribution in [0.15, 0.2) is 78.9 Å². The molecule has 4 rings (SSSR count). The molecule has 0 radical (unpaired) electrons. The van der Waals surface area contributed by atoms with Crippen LogP contribution >= 0.6 is 0 Å². The molecule has 3 aromatic rings. The Morgan fingerprint density at radius 1 is 0.905 bits per heavy atom. The van der Waals surface area contributed by atoms with E-state index in [9.17, 15) is 22.8 Å². The van der Waals surface area contributed by atoms with E-state index < -0.39 is 11.7 Å². The number of methoxy groups -OCH3 is 1. The smallest absolute Gasteiger partial charge is 0.416 e. The van der Waals surface area contributed by atoms with Crippen molar-refractivity contribution in [3.63, 3.8) is 0 Å². The zero-order valence-corrected chi connectivity index (χ0v) is 24.5. The van der Waals surface area contributed by atoms with Crippen LogP contribution in [-0.4, -0.2) is 61.5 Å². The van der Waals surface area contributed by atoms with Crippen LogP contribution in [0.3, 0.4) is 0 Å². The fraction of sp³-hybridized carbons (Fsp3) is 0.412. The molecule has 1 aliphatic heterocycles. The molecule has 1 fully saturated rings. The largest absolute Gasteiger partial charge is 0.469 e. The predicted molar refractivity (Wildman–Crippen MR) is 158 cm³/mol. The maximum absolute atomic E-state index is 13.6. The van der Waals surface area contributed by atoms with Crippen LogP contribution in [0.5, 0.6) is 0 Å². The van der Waals surface area contributed by atoms with Gasteiger partial charge in [0, 0.05) is 37.2 Å². The number of esters is 1. The Bertz CT molecular complexity index is 1340. The summed E-state index contributed by atoms with van der Waals surface area (Å²) in [6.45, 7) is 4.75. The van der Waals surface area contributed by atoms with E-state index in [1.165, 1.54) is 19.2 Å². The third-order valence-corrected chi connectivity index (χ3v) is 8.54. The van der Waals surface area contributed by atoms with Gasteiger partial charge in [0.2, 0.25) is 0 Å². The van der Waals surface area contributed by atoms with Crippen molar-refractivity contribution in [1.29, 1.82) is 0 Å².